The number of aliphatic carboxylic acids is 1. The first-order chi connectivity index (χ1) is 9.49. The van der Waals surface area contributed by atoms with Crippen LogP contribution in [0.1, 0.15) is 12.0 Å². The van der Waals surface area contributed by atoms with Crippen LogP contribution in [-0.2, 0) is 11.2 Å². The van der Waals surface area contributed by atoms with Crippen molar-refractivity contribution in [2.24, 2.45) is 0 Å². The fourth-order valence-electron chi connectivity index (χ4n) is 1.90. The molecule has 6 heteroatoms. The highest BCUT2D eigenvalue weighted by molar-refractivity contribution is 6.35. The van der Waals surface area contributed by atoms with Gasteiger partial charge in [0.1, 0.15) is 10.3 Å². The largest absolute Gasteiger partial charge is 0.481 e. The summed E-state index contributed by atoms with van der Waals surface area (Å²) in [6.45, 7) is 0. The highest BCUT2D eigenvalue weighted by atomic mass is 35.5. The Morgan fingerprint density at radius 3 is 2.50 bits per heavy atom. The number of carboxylic acids is 1. The predicted octanol–water partition coefficient (Wildman–Crippen LogP) is 4.73. The summed E-state index contributed by atoms with van der Waals surface area (Å²) >= 11 is 18.2. The van der Waals surface area contributed by atoms with Gasteiger partial charge in [-0.05, 0) is 29.7 Å². The molecular weight excluding hydrogens is 321 g/mol. The van der Waals surface area contributed by atoms with Crippen LogP contribution in [0, 0.1) is 0 Å². The van der Waals surface area contributed by atoms with Crippen molar-refractivity contribution in [1.29, 1.82) is 0 Å². The van der Waals surface area contributed by atoms with Crippen molar-refractivity contribution in [1.82, 2.24) is 4.98 Å². The van der Waals surface area contributed by atoms with E-state index in [4.69, 9.17) is 39.9 Å². The molecule has 0 aliphatic heterocycles. The van der Waals surface area contributed by atoms with E-state index in [-0.39, 0.29) is 23.1 Å². The minimum Gasteiger partial charge on any atom is -0.481 e. The maximum atomic E-state index is 10.7. The van der Waals surface area contributed by atoms with Crippen LogP contribution >= 0.6 is 34.8 Å². The summed E-state index contributed by atoms with van der Waals surface area (Å²) in [7, 11) is 0. The van der Waals surface area contributed by atoms with Crippen molar-refractivity contribution >= 4 is 40.8 Å². The van der Waals surface area contributed by atoms with Gasteiger partial charge in [-0.3, -0.25) is 4.79 Å². The molecule has 0 bridgehead atoms. The maximum Gasteiger partial charge on any atom is 0.303 e. The van der Waals surface area contributed by atoms with E-state index < -0.39 is 5.97 Å². The Kier molecular flexibility index (Phi) is 4.86. The quantitative estimate of drug-likeness (QED) is 0.825. The Morgan fingerprint density at radius 2 is 1.85 bits per heavy atom. The third-order valence-electron chi connectivity index (χ3n) is 2.80. The number of hydrogen-bond acceptors (Lipinski definition) is 2. The van der Waals surface area contributed by atoms with Gasteiger partial charge >= 0.3 is 5.97 Å². The highest BCUT2D eigenvalue weighted by Crippen LogP contribution is 2.35. The van der Waals surface area contributed by atoms with Crippen molar-refractivity contribution in [2.75, 3.05) is 0 Å². The molecule has 0 fully saturated rings. The number of carbonyl (C=O) groups is 1. The minimum absolute atomic E-state index is 0.0412. The highest BCUT2D eigenvalue weighted by Gasteiger charge is 2.15. The van der Waals surface area contributed by atoms with E-state index >= 15 is 0 Å². The van der Waals surface area contributed by atoms with Gasteiger partial charge in [0, 0.05) is 17.0 Å². The second kappa shape index (κ2) is 6.44. The topological polar surface area (TPSA) is 50.2 Å². The van der Waals surface area contributed by atoms with E-state index in [2.05, 4.69) is 4.98 Å². The summed E-state index contributed by atoms with van der Waals surface area (Å²) in [4.78, 5) is 14.7. The van der Waals surface area contributed by atoms with Crippen LogP contribution in [-0.4, -0.2) is 16.1 Å². The van der Waals surface area contributed by atoms with Gasteiger partial charge in [0.15, 0.2) is 0 Å². The van der Waals surface area contributed by atoms with E-state index in [1.165, 1.54) is 0 Å². The zero-order chi connectivity index (χ0) is 14.7. The SMILES string of the molecule is O=C(O)CCc1c(-c2ccccc2Cl)cc(Cl)nc1Cl. The molecule has 3 nitrogen and oxygen atoms in total. The van der Waals surface area contributed by atoms with Crippen LogP contribution in [0.4, 0.5) is 0 Å². The second-order valence-corrected chi connectivity index (χ2v) is 5.29. The normalized spacial score (nSPS) is 10.6. The molecule has 20 heavy (non-hydrogen) atoms. The first-order valence-corrected chi connectivity index (χ1v) is 6.94. The molecule has 0 unspecified atom stereocenters. The van der Waals surface area contributed by atoms with Crippen molar-refractivity contribution in [2.45, 2.75) is 12.8 Å². The van der Waals surface area contributed by atoms with Gasteiger partial charge < -0.3 is 5.11 Å². The zero-order valence-electron chi connectivity index (χ0n) is 10.2. The summed E-state index contributed by atoms with van der Waals surface area (Å²) in [6, 6.07) is 8.87. The summed E-state index contributed by atoms with van der Waals surface area (Å²) in [5.41, 5.74) is 2.09. The van der Waals surface area contributed by atoms with Crippen LogP contribution in [0.5, 0.6) is 0 Å². The van der Waals surface area contributed by atoms with Crippen molar-refractivity contribution in [3.05, 3.63) is 51.2 Å². The van der Waals surface area contributed by atoms with Crippen LogP contribution in [0.3, 0.4) is 0 Å². The zero-order valence-corrected chi connectivity index (χ0v) is 12.5. The predicted molar refractivity (Wildman–Crippen MR) is 80.7 cm³/mol. The number of aromatic nitrogens is 1. The molecule has 1 heterocycles. The Bertz CT molecular complexity index is 659. The van der Waals surface area contributed by atoms with Crippen LogP contribution in [0.15, 0.2) is 30.3 Å². The average molecular weight is 331 g/mol. The Balaban J connectivity index is 2.56. The number of halogens is 3. The molecule has 0 saturated carbocycles. The molecule has 0 saturated heterocycles. The number of benzene rings is 1. The standard InChI is InChI=1S/C14H10Cl3NO2/c15-11-4-2-1-3-8(11)10-7-12(16)18-14(17)9(10)5-6-13(19)20/h1-4,7H,5-6H2,(H,19,20). The average Bonchev–Trinajstić information content (AvgIpc) is 2.37. The van der Waals surface area contributed by atoms with Gasteiger partial charge in [0.2, 0.25) is 0 Å². The first-order valence-electron chi connectivity index (χ1n) is 5.80. The van der Waals surface area contributed by atoms with E-state index in [0.29, 0.717) is 16.1 Å². The Hall–Kier alpha value is -1.29. The molecule has 1 N–H and O–H groups in total. The van der Waals surface area contributed by atoms with E-state index in [9.17, 15) is 4.79 Å². The fourth-order valence-corrected chi connectivity index (χ4v) is 2.66. The molecule has 1 aromatic carbocycles. The van der Waals surface area contributed by atoms with Crippen molar-refractivity contribution < 1.29 is 9.90 Å². The lowest BCUT2D eigenvalue weighted by molar-refractivity contribution is -0.136. The van der Waals surface area contributed by atoms with Crippen LogP contribution in [0.2, 0.25) is 15.3 Å². The van der Waals surface area contributed by atoms with Gasteiger partial charge in [-0.25, -0.2) is 4.98 Å². The lowest BCUT2D eigenvalue weighted by Crippen LogP contribution is -2.01. The molecule has 0 amide bonds. The van der Waals surface area contributed by atoms with Crippen LogP contribution < -0.4 is 0 Å². The van der Waals surface area contributed by atoms with Gasteiger partial charge in [0.05, 0.1) is 0 Å². The summed E-state index contributed by atoms with van der Waals surface area (Å²) in [5, 5.41) is 9.81. The third kappa shape index (κ3) is 3.42. The minimum atomic E-state index is -0.902. The molecule has 2 rings (SSSR count). The van der Waals surface area contributed by atoms with Gasteiger partial charge in [-0.1, -0.05) is 53.0 Å². The summed E-state index contributed by atoms with van der Waals surface area (Å²) in [6.07, 6.45) is 0.222. The van der Waals surface area contributed by atoms with Crippen molar-refractivity contribution in [3.8, 4) is 11.1 Å². The number of carboxylic acid groups (broad SMARTS) is 1. The fraction of sp³-hybridized carbons (Fsp3) is 0.143. The Morgan fingerprint density at radius 1 is 1.15 bits per heavy atom. The summed E-state index contributed by atoms with van der Waals surface area (Å²) in [5.74, 6) is -0.902. The van der Waals surface area contributed by atoms with E-state index in [0.717, 1.165) is 5.56 Å². The Labute approximate surface area is 131 Å². The molecule has 0 radical (unpaired) electrons. The molecule has 0 spiro atoms. The molecule has 0 aliphatic carbocycles. The van der Waals surface area contributed by atoms with Gasteiger partial charge in [-0.2, -0.15) is 0 Å². The smallest absolute Gasteiger partial charge is 0.303 e. The monoisotopic (exact) mass is 329 g/mol. The van der Waals surface area contributed by atoms with E-state index in [1.54, 1.807) is 12.1 Å². The lowest BCUT2D eigenvalue weighted by atomic mass is 9.98. The molecule has 0 atom stereocenters. The number of pyridine rings is 1. The first kappa shape index (κ1) is 15.1. The lowest BCUT2D eigenvalue weighted by Gasteiger charge is -2.12. The van der Waals surface area contributed by atoms with E-state index in [1.807, 2.05) is 18.2 Å². The molecule has 104 valence electrons. The number of hydrogen-bond donors (Lipinski definition) is 1. The maximum absolute atomic E-state index is 10.7. The van der Waals surface area contributed by atoms with Gasteiger partial charge in [0.25, 0.3) is 0 Å². The summed E-state index contributed by atoms with van der Waals surface area (Å²) < 4.78 is 0. The second-order valence-electron chi connectivity index (χ2n) is 4.14. The number of rotatable bonds is 4. The van der Waals surface area contributed by atoms with Crippen LogP contribution in [0.25, 0.3) is 11.1 Å². The molecular formula is C14H10Cl3NO2. The molecule has 2 aromatic rings. The molecule has 0 aliphatic rings. The van der Waals surface area contributed by atoms with Crippen molar-refractivity contribution in [3.63, 3.8) is 0 Å². The number of nitrogens with zero attached hydrogens (tertiary/aromatic N) is 1. The van der Waals surface area contributed by atoms with Gasteiger partial charge in [-0.15, -0.1) is 0 Å². The molecule has 1 aromatic heterocycles. The third-order valence-corrected chi connectivity index (χ3v) is 3.63.